The van der Waals surface area contributed by atoms with Crippen molar-refractivity contribution in [1.29, 1.82) is 0 Å². The fourth-order valence-corrected chi connectivity index (χ4v) is 4.64. The van der Waals surface area contributed by atoms with Gasteiger partial charge in [-0.2, -0.15) is 0 Å². The van der Waals surface area contributed by atoms with Gasteiger partial charge in [0.1, 0.15) is 0 Å². The van der Waals surface area contributed by atoms with Gasteiger partial charge >= 0.3 is 0 Å². The van der Waals surface area contributed by atoms with Crippen LogP contribution in [0.2, 0.25) is 0 Å². The minimum atomic E-state index is 0.572. The summed E-state index contributed by atoms with van der Waals surface area (Å²) in [4.78, 5) is 2.45. The highest BCUT2D eigenvalue weighted by atomic mass is 32.1. The molecular formula is C26H26N4S. The molecule has 0 amide bonds. The molecule has 156 valence electrons. The topological polar surface area (TPSA) is 26.0 Å². The number of para-hydroxylation sites is 1. The predicted molar refractivity (Wildman–Crippen MR) is 128 cm³/mol. The van der Waals surface area contributed by atoms with Crippen molar-refractivity contribution < 1.29 is 0 Å². The van der Waals surface area contributed by atoms with Crippen molar-refractivity contribution in [2.24, 2.45) is 0 Å². The first-order valence-electron chi connectivity index (χ1n) is 10.8. The van der Waals surface area contributed by atoms with Crippen molar-refractivity contribution >= 4 is 12.2 Å². The molecule has 0 bridgehead atoms. The Balaban J connectivity index is 1.47. The number of nitrogens with zero attached hydrogens (tertiary/aromatic N) is 4. The molecule has 1 saturated heterocycles. The lowest BCUT2D eigenvalue weighted by atomic mass is 9.99. The summed E-state index contributed by atoms with van der Waals surface area (Å²) in [6.45, 7) is 4.90. The molecule has 0 N–H and O–H groups in total. The molecule has 5 heteroatoms. The molecule has 1 aromatic heterocycles. The molecule has 0 spiro atoms. The normalized spacial score (nSPS) is 16.6. The summed E-state index contributed by atoms with van der Waals surface area (Å²) in [5, 5.41) is 4.98. The zero-order valence-electron chi connectivity index (χ0n) is 17.7. The van der Waals surface area contributed by atoms with Crippen LogP contribution in [-0.2, 0) is 6.67 Å². The second-order valence-corrected chi connectivity index (χ2v) is 8.62. The average molecular weight is 427 g/mol. The first-order chi connectivity index (χ1) is 15.2. The molecule has 1 fully saturated rings. The van der Waals surface area contributed by atoms with Crippen LogP contribution in [0.15, 0.2) is 84.9 Å². The van der Waals surface area contributed by atoms with Crippen molar-refractivity contribution in [3.63, 3.8) is 0 Å². The van der Waals surface area contributed by atoms with Crippen molar-refractivity contribution in [2.75, 3.05) is 13.1 Å². The monoisotopic (exact) mass is 426 g/mol. The molecule has 4 aromatic rings. The number of aromatic nitrogens is 3. The summed E-state index contributed by atoms with van der Waals surface area (Å²) in [5.74, 6) is 1.46. The zero-order chi connectivity index (χ0) is 21.2. The van der Waals surface area contributed by atoms with Crippen molar-refractivity contribution in [3.8, 4) is 17.1 Å². The van der Waals surface area contributed by atoms with E-state index in [4.69, 9.17) is 17.3 Å². The molecule has 0 radical (unpaired) electrons. The van der Waals surface area contributed by atoms with Gasteiger partial charge in [0, 0.05) is 24.3 Å². The van der Waals surface area contributed by atoms with Crippen molar-refractivity contribution in [2.45, 2.75) is 25.9 Å². The Kier molecular flexibility index (Phi) is 5.53. The van der Waals surface area contributed by atoms with E-state index in [9.17, 15) is 0 Å². The van der Waals surface area contributed by atoms with Crippen LogP contribution in [0, 0.1) is 11.7 Å². The summed E-state index contributed by atoms with van der Waals surface area (Å²) in [6, 6.07) is 29.6. The van der Waals surface area contributed by atoms with Gasteiger partial charge in [0.25, 0.3) is 0 Å². The summed E-state index contributed by atoms with van der Waals surface area (Å²) in [6.07, 6.45) is 1.17. The number of hydrogen-bond donors (Lipinski definition) is 0. The Hall–Kier alpha value is -3.02. The average Bonchev–Trinajstić information content (AvgIpc) is 3.41. The summed E-state index contributed by atoms with van der Waals surface area (Å²) < 4.78 is 4.79. The van der Waals surface area contributed by atoms with Gasteiger partial charge in [-0.25, -0.2) is 4.68 Å². The molecule has 1 atom stereocenters. The maximum absolute atomic E-state index is 5.91. The molecule has 0 saturated carbocycles. The van der Waals surface area contributed by atoms with Gasteiger partial charge in [0.05, 0.1) is 6.67 Å². The summed E-state index contributed by atoms with van der Waals surface area (Å²) in [5.41, 5.74) is 4.77. The second-order valence-electron chi connectivity index (χ2n) is 8.26. The molecular weight excluding hydrogens is 400 g/mol. The Bertz CT molecular complexity index is 1210. The minimum absolute atomic E-state index is 0.572. The van der Waals surface area contributed by atoms with E-state index in [0.29, 0.717) is 12.6 Å². The Labute approximate surface area is 188 Å². The number of aryl methyl sites for hydroxylation is 1. The maximum Gasteiger partial charge on any atom is 0.204 e. The highest BCUT2D eigenvalue weighted by Gasteiger charge is 2.25. The van der Waals surface area contributed by atoms with Crippen LogP contribution in [-0.4, -0.2) is 32.3 Å². The van der Waals surface area contributed by atoms with Crippen LogP contribution in [0.5, 0.6) is 0 Å². The van der Waals surface area contributed by atoms with Gasteiger partial charge in [0.2, 0.25) is 4.77 Å². The number of rotatable bonds is 5. The van der Waals surface area contributed by atoms with E-state index < -0.39 is 0 Å². The van der Waals surface area contributed by atoms with Gasteiger partial charge in [-0.15, -0.1) is 5.10 Å². The van der Waals surface area contributed by atoms with Gasteiger partial charge in [0.15, 0.2) is 5.82 Å². The lowest BCUT2D eigenvalue weighted by Gasteiger charge is -2.16. The molecule has 5 rings (SSSR count). The van der Waals surface area contributed by atoms with E-state index in [0.717, 1.165) is 34.9 Å². The first kappa shape index (κ1) is 19.9. The van der Waals surface area contributed by atoms with Crippen LogP contribution in [0.3, 0.4) is 0 Å². The number of benzene rings is 3. The Morgan fingerprint density at radius 2 is 1.58 bits per heavy atom. The predicted octanol–water partition coefficient (Wildman–Crippen LogP) is 5.83. The third-order valence-electron chi connectivity index (χ3n) is 6.04. The largest absolute Gasteiger partial charge is 0.284 e. The van der Waals surface area contributed by atoms with Crippen LogP contribution in [0.1, 0.15) is 23.5 Å². The van der Waals surface area contributed by atoms with Gasteiger partial charge in [-0.05, 0) is 49.2 Å². The quantitative estimate of drug-likeness (QED) is 0.376. The third kappa shape index (κ3) is 4.11. The van der Waals surface area contributed by atoms with Gasteiger partial charge in [-0.3, -0.25) is 9.47 Å². The standard InChI is InChI=1S/C26H26N4S/c1-20-12-14-22(15-13-20)25-27-29(26(31)30(25)24-10-6-3-7-11-24)19-28-17-16-23(18-28)21-8-4-2-5-9-21/h2-15,23H,16-19H2,1H3/t23-/m1/s1. The first-order valence-corrected chi connectivity index (χ1v) is 11.2. The lowest BCUT2D eigenvalue weighted by Crippen LogP contribution is -2.24. The highest BCUT2D eigenvalue weighted by molar-refractivity contribution is 7.71. The van der Waals surface area contributed by atoms with Crippen molar-refractivity contribution in [1.82, 2.24) is 19.2 Å². The van der Waals surface area contributed by atoms with E-state index >= 15 is 0 Å². The zero-order valence-corrected chi connectivity index (χ0v) is 18.5. The van der Waals surface area contributed by atoms with E-state index in [-0.39, 0.29) is 0 Å². The maximum atomic E-state index is 5.91. The van der Waals surface area contributed by atoms with E-state index in [1.807, 2.05) is 22.9 Å². The van der Waals surface area contributed by atoms with E-state index in [1.165, 1.54) is 17.5 Å². The van der Waals surface area contributed by atoms with Gasteiger partial charge < -0.3 is 0 Å². The second kappa shape index (κ2) is 8.61. The Morgan fingerprint density at radius 1 is 0.903 bits per heavy atom. The number of likely N-dealkylation sites (tertiary alicyclic amines) is 1. The third-order valence-corrected chi connectivity index (χ3v) is 6.43. The summed E-state index contributed by atoms with van der Waals surface area (Å²) >= 11 is 5.91. The molecule has 4 nitrogen and oxygen atoms in total. The molecule has 3 aromatic carbocycles. The van der Waals surface area contributed by atoms with Crippen LogP contribution in [0.4, 0.5) is 0 Å². The Morgan fingerprint density at radius 3 is 2.29 bits per heavy atom. The molecule has 31 heavy (non-hydrogen) atoms. The summed E-state index contributed by atoms with van der Waals surface area (Å²) in [7, 11) is 0. The van der Waals surface area contributed by atoms with Crippen LogP contribution < -0.4 is 0 Å². The fraction of sp³-hybridized carbons (Fsp3) is 0.231. The molecule has 1 aliphatic rings. The fourth-order valence-electron chi connectivity index (χ4n) is 4.35. The van der Waals surface area contributed by atoms with Crippen LogP contribution in [0.25, 0.3) is 17.1 Å². The number of hydrogen-bond acceptors (Lipinski definition) is 3. The van der Waals surface area contributed by atoms with Gasteiger partial charge in [-0.1, -0.05) is 78.4 Å². The van der Waals surface area contributed by atoms with Crippen molar-refractivity contribution in [3.05, 3.63) is 101 Å². The molecule has 2 heterocycles. The lowest BCUT2D eigenvalue weighted by molar-refractivity contribution is 0.250. The van der Waals surface area contributed by atoms with Crippen LogP contribution >= 0.6 is 12.2 Å². The smallest absolute Gasteiger partial charge is 0.204 e. The highest BCUT2D eigenvalue weighted by Crippen LogP contribution is 2.28. The SMILES string of the molecule is Cc1ccc(-c2nn(CN3CC[C@@H](c4ccccc4)C3)c(=S)n2-c2ccccc2)cc1. The minimum Gasteiger partial charge on any atom is -0.284 e. The molecule has 0 aliphatic carbocycles. The molecule has 1 aliphatic heterocycles. The molecule has 0 unspecified atom stereocenters. The van der Waals surface area contributed by atoms with E-state index in [2.05, 4.69) is 83.1 Å². The van der Waals surface area contributed by atoms with E-state index in [1.54, 1.807) is 0 Å².